The molecule has 3 rings (SSSR count). The maximum Gasteiger partial charge on any atom is 0.315 e. The number of hydrogen-bond acceptors (Lipinski definition) is 3. The van der Waals surface area contributed by atoms with Crippen LogP contribution in [0, 0.1) is 0 Å². The molecule has 1 heterocycles. The van der Waals surface area contributed by atoms with E-state index in [4.69, 9.17) is 4.74 Å². The Morgan fingerprint density at radius 2 is 1.96 bits per heavy atom. The number of methoxy groups -OCH3 is 1. The number of rotatable bonds is 8. The second kappa shape index (κ2) is 9.09. The van der Waals surface area contributed by atoms with Gasteiger partial charge in [0.05, 0.1) is 13.2 Å². The number of H-pyrrole nitrogens is 1. The lowest BCUT2D eigenvalue weighted by molar-refractivity contribution is 0.229. The zero-order valence-electron chi connectivity index (χ0n) is 15.4. The number of aliphatic hydroxyl groups is 1. The molecule has 0 aliphatic carbocycles. The smallest absolute Gasteiger partial charge is 0.315 e. The minimum atomic E-state index is -0.256. The Balaban J connectivity index is 1.54. The van der Waals surface area contributed by atoms with Crippen molar-refractivity contribution in [2.45, 2.75) is 18.9 Å². The van der Waals surface area contributed by atoms with Crippen molar-refractivity contribution in [3.8, 4) is 5.75 Å². The summed E-state index contributed by atoms with van der Waals surface area (Å²) in [7, 11) is 1.61. The zero-order chi connectivity index (χ0) is 19.1. The standard InChI is InChI=1S/C21H25N3O3/c1-27-17-8-6-15(7-9-17)19(11-13-25)24-21(26)22-12-10-16-14-23-20-5-3-2-4-18(16)20/h2-9,14,19,23,25H,10-13H2,1H3,(H2,22,24,26). The van der Waals surface area contributed by atoms with Crippen molar-refractivity contribution in [2.24, 2.45) is 0 Å². The first-order valence-corrected chi connectivity index (χ1v) is 9.05. The third-order valence-electron chi connectivity index (χ3n) is 4.60. The monoisotopic (exact) mass is 367 g/mol. The molecular weight excluding hydrogens is 342 g/mol. The van der Waals surface area contributed by atoms with Gasteiger partial charge in [-0.3, -0.25) is 0 Å². The summed E-state index contributed by atoms with van der Waals surface area (Å²) >= 11 is 0. The van der Waals surface area contributed by atoms with Gasteiger partial charge in [0.1, 0.15) is 5.75 Å². The van der Waals surface area contributed by atoms with Crippen LogP contribution in [-0.4, -0.2) is 36.4 Å². The van der Waals surface area contributed by atoms with Crippen molar-refractivity contribution in [3.05, 3.63) is 65.9 Å². The summed E-state index contributed by atoms with van der Waals surface area (Å²) in [4.78, 5) is 15.5. The molecule has 2 aromatic carbocycles. The van der Waals surface area contributed by atoms with Gasteiger partial charge in [-0.25, -0.2) is 4.79 Å². The summed E-state index contributed by atoms with van der Waals surface area (Å²) in [5.74, 6) is 0.754. The summed E-state index contributed by atoms with van der Waals surface area (Å²) in [6.07, 6.45) is 3.17. The maximum atomic E-state index is 12.3. The molecule has 0 aliphatic heterocycles. The molecule has 3 aromatic rings. The van der Waals surface area contributed by atoms with Crippen LogP contribution < -0.4 is 15.4 Å². The Bertz CT molecular complexity index is 874. The molecule has 0 saturated carbocycles. The van der Waals surface area contributed by atoms with Gasteiger partial charge >= 0.3 is 6.03 Å². The largest absolute Gasteiger partial charge is 0.497 e. The molecule has 142 valence electrons. The number of ether oxygens (including phenoxy) is 1. The zero-order valence-corrected chi connectivity index (χ0v) is 15.4. The number of hydrogen-bond donors (Lipinski definition) is 4. The van der Waals surface area contributed by atoms with Crippen LogP contribution in [0.1, 0.15) is 23.6 Å². The molecule has 6 heteroatoms. The Kier molecular flexibility index (Phi) is 6.33. The number of fused-ring (bicyclic) bond motifs is 1. The van der Waals surface area contributed by atoms with Crippen LogP contribution in [0.25, 0.3) is 10.9 Å². The molecule has 0 spiro atoms. The van der Waals surface area contributed by atoms with Crippen LogP contribution in [0.15, 0.2) is 54.7 Å². The van der Waals surface area contributed by atoms with E-state index in [0.29, 0.717) is 13.0 Å². The predicted molar refractivity (Wildman–Crippen MR) is 106 cm³/mol. The van der Waals surface area contributed by atoms with Crippen molar-refractivity contribution in [3.63, 3.8) is 0 Å². The average Bonchev–Trinajstić information content (AvgIpc) is 3.11. The number of carbonyl (C=O) groups is 1. The van der Waals surface area contributed by atoms with Gasteiger partial charge in [0.15, 0.2) is 0 Å². The SMILES string of the molecule is COc1ccc(C(CCO)NC(=O)NCCc2c[nH]c3ccccc23)cc1. The Hall–Kier alpha value is -2.99. The number of amides is 2. The van der Waals surface area contributed by atoms with Gasteiger partial charge in [-0.15, -0.1) is 0 Å². The lowest BCUT2D eigenvalue weighted by Crippen LogP contribution is -2.39. The number of carbonyl (C=O) groups excluding carboxylic acids is 1. The van der Waals surface area contributed by atoms with Crippen molar-refractivity contribution < 1.29 is 14.6 Å². The highest BCUT2D eigenvalue weighted by molar-refractivity contribution is 5.83. The molecule has 1 aromatic heterocycles. The van der Waals surface area contributed by atoms with E-state index in [1.165, 1.54) is 10.9 Å². The second-order valence-corrected chi connectivity index (χ2v) is 6.35. The van der Waals surface area contributed by atoms with Crippen LogP contribution in [0.3, 0.4) is 0 Å². The van der Waals surface area contributed by atoms with Gasteiger partial charge < -0.3 is 25.5 Å². The number of aromatic amines is 1. The van der Waals surface area contributed by atoms with E-state index in [1.807, 2.05) is 48.7 Å². The number of benzene rings is 2. The predicted octanol–water partition coefficient (Wildman–Crippen LogP) is 3.14. The fraction of sp³-hybridized carbons (Fsp3) is 0.286. The molecule has 1 unspecified atom stereocenters. The first-order valence-electron chi connectivity index (χ1n) is 9.05. The summed E-state index contributed by atoms with van der Waals surface area (Å²) in [6.45, 7) is 0.522. The molecule has 0 aliphatic rings. The van der Waals surface area contributed by atoms with E-state index >= 15 is 0 Å². The molecule has 0 bridgehead atoms. The highest BCUT2D eigenvalue weighted by atomic mass is 16.5. The van der Waals surface area contributed by atoms with Crippen molar-refractivity contribution >= 4 is 16.9 Å². The summed E-state index contributed by atoms with van der Waals surface area (Å²) in [5.41, 5.74) is 3.20. The molecule has 0 fully saturated rings. The van der Waals surface area contributed by atoms with Gasteiger partial charge in [-0.1, -0.05) is 30.3 Å². The summed E-state index contributed by atoms with van der Waals surface area (Å²) < 4.78 is 5.16. The Morgan fingerprint density at radius 1 is 1.19 bits per heavy atom. The summed E-state index contributed by atoms with van der Waals surface area (Å²) in [6, 6.07) is 15.1. The summed E-state index contributed by atoms with van der Waals surface area (Å²) in [5, 5.41) is 16.3. The highest BCUT2D eigenvalue weighted by Crippen LogP contribution is 2.20. The molecule has 0 saturated heterocycles. The van der Waals surface area contributed by atoms with E-state index in [2.05, 4.69) is 21.7 Å². The number of urea groups is 1. The first kappa shape index (κ1) is 18.8. The normalized spacial score (nSPS) is 11.9. The van der Waals surface area contributed by atoms with Crippen LogP contribution in [-0.2, 0) is 6.42 Å². The molecule has 27 heavy (non-hydrogen) atoms. The third-order valence-corrected chi connectivity index (χ3v) is 4.60. The van der Waals surface area contributed by atoms with Gasteiger partial charge in [-0.2, -0.15) is 0 Å². The van der Waals surface area contributed by atoms with Gasteiger partial charge in [0.2, 0.25) is 0 Å². The quantitative estimate of drug-likeness (QED) is 0.493. The van der Waals surface area contributed by atoms with Crippen molar-refractivity contribution in [1.29, 1.82) is 0 Å². The van der Waals surface area contributed by atoms with E-state index in [9.17, 15) is 9.90 Å². The topological polar surface area (TPSA) is 86.4 Å². The number of para-hydroxylation sites is 1. The maximum absolute atomic E-state index is 12.3. The number of nitrogens with one attached hydrogen (secondary N) is 3. The van der Waals surface area contributed by atoms with Gasteiger partial charge in [0, 0.05) is 30.3 Å². The van der Waals surface area contributed by atoms with Crippen molar-refractivity contribution in [1.82, 2.24) is 15.6 Å². The van der Waals surface area contributed by atoms with E-state index in [-0.39, 0.29) is 18.7 Å². The van der Waals surface area contributed by atoms with Crippen LogP contribution in [0.4, 0.5) is 4.79 Å². The highest BCUT2D eigenvalue weighted by Gasteiger charge is 2.14. The second-order valence-electron chi connectivity index (χ2n) is 6.35. The van der Waals surface area contributed by atoms with E-state index in [0.717, 1.165) is 23.3 Å². The van der Waals surface area contributed by atoms with Crippen molar-refractivity contribution in [2.75, 3.05) is 20.3 Å². The van der Waals surface area contributed by atoms with Gasteiger partial charge in [-0.05, 0) is 42.2 Å². The van der Waals surface area contributed by atoms with Crippen LogP contribution in [0.2, 0.25) is 0 Å². The molecule has 2 amide bonds. The van der Waals surface area contributed by atoms with E-state index < -0.39 is 0 Å². The molecule has 6 nitrogen and oxygen atoms in total. The molecular formula is C21H25N3O3. The third kappa shape index (κ3) is 4.80. The van der Waals surface area contributed by atoms with Gasteiger partial charge in [0.25, 0.3) is 0 Å². The lowest BCUT2D eigenvalue weighted by Gasteiger charge is -2.19. The lowest BCUT2D eigenvalue weighted by atomic mass is 10.0. The average molecular weight is 367 g/mol. The first-order chi connectivity index (χ1) is 13.2. The van der Waals surface area contributed by atoms with E-state index in [1.54, 1.807) is 7.11 Å². The molecule has 4 N–H and O–H groups in total. The fourth-order valence-electron chi connectivity index (χ4n) is 3.15. The minimum Gasteiger partial charge on any atom is -0.497 e. The molecule has 1 atom stereocenters. The molecule has 0 radical (unpaired) electrons. The Morgan fingerprint density at radius 3 is 2.70 bits per heavy atom. The number of aliphatic hydroxyl groups excluding tert-OH is 1. The fourth-order valence-corrected chi connectivity index (χ4v) is 3.15. The van der Waals surface area contributed by atoms with Crippen LogP contribution >= 0.6 is 0 Å². The minimum absolute atomic E-state index is 0.00762. The Labute approximate surface area is 158 Å². The number of aromatic nitrogens is 1. The van der Waals surface area contributed by atoms with Crippen LogP contribution in [0.5, 0.6) is 5.75 Å².